The number of halogens is 3. The topological polar surface area (TPSA) is 58.6 Å². The van der Waals surface area contributed by atoms with Gasteiger partial charge in [0, 0.05) is 11.3 Å². The van der Waals surface area contributed by atoms with Gasteiger partial charge in [0.25, 0.3) is 5.91 Å². The van der Waals surface area contributed by atoms with Gasteiger partial charge < -0.3 is 10.1 Å². The van der Waals surface area contributed by atoms with E-state index >= 15 is 0 Å². The molecule has 8 heteroatoms. The van der Waals surface area contributed by atoms with Crippen LogP contribution in [-0.4, -0.2) is 25.2 Å². The first-order valence-electron chi connectivity index (χ1n) is 9.93. The van der Waals surface area contributed by atoms with Gasteiger partial charge in [0.05, 0.1) is 12.6 Å². The first kappa shape index (κ1) is 21.4. The van der Waals surface area contributed by atoms with Gasteiger partial charge in [-0.15, -0.1) is 0 Å². The van der Waals surface area contributed by atoms with Crippen molar-refractivity contribution >= 4 is 17.7 Å². The number of carbonyl (C=O) groups excluding carboxylic acids is 2. The van der Waals surface area contributed by atoms with E-state index < -0.39 is 23.5 Å². The molecule has 0 aliphatic carbocycles. The maximum atomic E-state index is 13.5. The Hall–Kier alpha value is -3.81. The van der Waals surface area contributed by atoms with Gasteiger partial charge in [0.1, 0.15) is 6.61 Å². The number of carbonyl (C=O) groups is 2. The highest BCUT2D eigenvalue weighted by Crippen LogP contribution is 2.25. The summed E-state index contributed by atoms with van der Waals surface area (Å²) >= 11 is 0. The number of cyclic esters (lactones) is 1. The van der Waals surface area contributed by atoms with E-state index in [9.17, 15) is 22.8 Å². The summed E-state index contributed by atoms with van der Waals surface area (Å²) in [6.45, 7) is 2.62. The van der Waals surface area contributed by atoms with Crippen molar-refractivity contribution in [3.8, 4) is 11.1 Å². The second-order valence-electron chi connectivity index (χ2n) is 7.39. The summed E-state index contributed by atoms with van der Waals surface area (Å²) in [7, 11) is 0. The Bertz CT molecular complexity index is 1160. The van der Waals surface area contributed by atoms with E-state index in [1.807, 2.05) is 19.1 Å². The minimum absolute atomic E-state index is 0.166. The Balaban J connectivity index is 1.47. The van der Waals surface area contributed by atoms with Crippen molar-refractivity contribution in [2.24, 2.45) is 0 Å². The Kier molecular flexibility index (Phi) is 5.85. The highest BCUT2D eigenvalue weighted by Gasteiger charge is 2.24. The Morgan fingerprint density at radius 1 is 1.00 bits per heavy atom. The number of ether oxygens (including phenoxy) is 1. The lowest BCUT2D eigenvalue weighted by Gasteiger charge is -2.18. The van der Waals surface area contributed by atoms with E-state index in [0.29, 0.717) is 30.0 Å². The van der Waals surface area contributed by atoms with Gasteiger partial charge in [0.15, 0.2) is 17.5 Å². The molecule has 0 unspecified atom stereocenters. The third-order valence-corrected chi connectivity index (χ3v) is 5.25. The fraction of sp³-hybridized carbons (Fsp3) is 0.167. The maximum absolute atomic E-state index is 13.5. The Labute approximate surface area is 182 Å². The fourth-order valence-corrected chi connectivity index (χ4v) is 3.49. The smallest absolute Gasteiger partial charge is 0.414 e. The number of amides is 2. The third-order valence-electron chi connectivity index (χ3n) is 5.25. The van der Waals surface area contributed by atoms with Crippen LogP contribution < -0.4 is 10.2 Å². The molecule has 3 aromatic carbocycles. The molecule has 0 aromatic heterocycles. The largest absolute Gasteiger partial charge is 0.447 e. The number of anilines is 1. The molecule has 0 saturated carbocycles. The summed E-state index contributed by atoms with van der Waals surface area (Å²) in [5.41, 5.74) is 2.46. The highest BCUT2D eigenvalue weighted by molar-refractivity contribution is 5.95. The lowest BCUT2D eigenvalue weighted by Crippen LogP contribution is -2.27. The molecule has 5 nitrogen and oxygen atoms in total. The summed E-state index contributed by atoms with van der Waals surface area (Å²) in [4.78, 5) is 26.0. The number of benzene rings is 3. The number of nitrogens with zero attached hydrogens (tertiary/aromatic N) is 1. The first-order chi connectivity index (χ1) is 15.3. The molecule has 0 bridgehead atoms. The third kappa shape index (κ3) is 4.30. The van der Waals surface area contributed by atoms with Crippen LogP contribution >= 0.6 is 0 Å². The van der Waals surface area contributed by atoms with Gasteiger partial charge in [-0.1, -0.05) is 24.3 Å². The van der Waals surface area contributed by atoms with E-state index in [4.69, 9.17) is 4.74 Å². The normalized spacial score (nSPS) is 14.2. The van der Waals surface area contributed by atoms with E-state index in [-0.39, 0.29) is 17.5 Å². The molecule has 0 radical (unpaired) electrons. The minimum atomic E-state index is -1.52. The predicted molar refractivity (Wildman–Crippen MR) is 113 cm³/mol. The zero-order chi connectivity index (χ0) is 22.8. The summed E-state index contributed by atoms with van der Waals surface area (Å²) in [6, 6.07) is 14.8. The van der Waals surface area contributed by atoms with Crippen LogP contribution in [0.4, 0.5) is 23.7 Å². The monoisotopic (exact) mass is 440 g/mol. The SMILES string of the molecule is C[C@H](NC(=O)c1ccc(-c2cc(F)c(F)c(F)c2)cc1)c1cccc(N2CCOC2=O)c1. The van der Waals surface area contributed by atoms with Crippen molar-refractivity contribution in [1.29, 1.82) is 0 Å². The number of hydrogen-bond donors (Lipinski definition) is 1. The minimum Gasteiger partial charge on any atom is -0.447 e. The zero-order valence-electron chi connectivity index (χ0n) is 17.1. The highest BCUT2D eigenvalue weighted by atomic mass is 19.2. The zero-order valence-corrected chi connectivity index (χ0v) is 17.1. The van der Waals surface area contributed by atoms with Crippen molar-refractivity contribution < 1.29 is 27.5 Å². The van der Waals surface area contributed by atoms with Crippen molar-refractivity contribution in [2.45, 2.75) is 13.0 Å². The van der Waals surface area contributed by atoms with Crippen LogP contribution in [-0.2, 0) is 4.74 Å². The van der Waals surface area contributed by atoms with Crippen molar-refractivity contribution in [1.82, 2.24) is 5.32 Å². The van der Waals surface area contributed by atoms with Crippen molar-refractivity contribution in [2.75, 3.05) is 18.1 Å². The molecule has 1 saturated heterocycles. The van der Waals surface area contributed by atoms with Crippen LogP contribution in [0.1, 0.15) is 28.9 Å². The molecule has 1 aliphatic rings. The van der Waals surface area contributed by atoms with Crippen LogP contribution in [0.3, 0.4) is 0 Å². The summed E-state index contributed by atoms with van der Waals surface area (Å²) < 4.78 is 45.1. The fourth-order valence-electron chi connectivity index (χ4n) is 3.49. The molecule has 164 valence electrons. The van der Waals surface area contributed by atoms with E-state index in [2.05, 4.69) is 5.32 Å². The summed E-state index contributed by atoms with van der Waals surface area (Å²) in [5, 5.41) is 2.88. The van der Waals surface area contributed by atoms with Crippen molar-refractivity contribution in [3.05, 3.63) is 89.2 Å². The van der Waals surface area contributed by atoms with Crippen LogP contribution in [0.5, 0.6) is 0 Å². The Morgan fingerprint density at radius 3 is 2.31 bits per heavy atom. The number of rotatable bonds is 5. The standard InChI is InChI=1S/C24H19F3N2O3/c1-14(17-3-2-4-19(11-17)29-9-10-32-24(29)31)28-23(30)16-7-5-15(6-8-16)18-12-20(25)22(27)21(26)13-18/h2-8,11-14H,9-10H2,1H3,(H,28,30)/t14-/m0/s1. The van der Waals surface area contributed by atoms with Gasteiger partial charge in [0.2, 0.25) is 0 Å². The lowest BCUT2D eigenvalue weighted by atomic mass is 10.0. The van der Waals surface area contributed by atoms with Gasteiger partial charge in [-0.3, -0.25) is 9.69 Å². The van der Waals surface area contributed by atoms with Gasteiger partial charge >= 0.3 is 6.09 Å². The summed E-state index contributed by atoms with van der Waals surface area (Å²) in [5.74, 6) is -4.42. The molecule has 1 atom stereocenters. The number of nitrogens with one attached hydrogen (secondary N) is 1. The van der Waals surface area contributed by atoms with E-state index in [1.165, 1.54) is 29.2 Å². The second kappa shape index (κ2) is 8.74. The van der Waals surface area contributed by atoms with Crippen LogP contribution in [0, 0.1) is 17.5 Å². The predicted octanol–water partition coefficient (Wildman–Crippen LogP) is 5.22. The molecule has 3 aromatic rings. The quantitative estimate of drug-likeness (QED) is 0.554. The van der Waals surface area contributed by atoms with Gasteiger partial charge in [-0.2, -0.15) is 0 Å². The number of hydrogen-bond acceptors (Lipinski definition) is 3. The average molecular weight is 440 g/mol. The molecule has 1 heterocycles. The van der Waals surface area contributed by atoms with E-state index in [1.54, 1.807) is 12.1 Å². The van der Waals surface area contributed by atoms with Gasteiger partial charge in [-0.25, -0.2) is 18.0 Å². The second-order valence-corrected chi connectivity index (χ2v) is 7.39. The van der Waals surface area contributed by atoms with Gasteiger partial charge in [-0.05, 0) is 60.0 Å². The van der Waals surface area contributed by atoms with Crippen molar-refractivity contribution in [3.63, 3.8) is 0 Å². The molecule has 0 spiro atoms. The van der Waals surface area contributed by atoms with Crippen LogP contribution in [0.15, 0.2) is 60.7 Å². The molecule has 2 amide bonds. The molecule has 1 fully saturated rings. The lowest BCUT2D eigenvalue weighted by molar-refractivity contribution is 0.0940. The molecular weight excluding hydrogens is 421 g/mol. The maximum Gasteiger partial charge on any atom is 0.414 e. The summed E-state index contributed by atoms with van der Waals surface area (Å²) in [6.07, 6.45) is -0.403. The average Bonchev–Trinajstić information content (AvgIpc) is 3.23. The molecule has 1 aliphatic heterocycles. The molecule has 1 N–H and O–H groups in total. The molecule has 32 heavy (non-hydrogen) atoms. The van der Waals surface area contributed by atoms with E-state index in [0.717, 1.165) is 17.7 Å². The Morgan fingerprint density at radius 2 is 1.69 bits per heavy atom. The molecule has 4 rings (SSSR count). The first-order valence-corrected chi connectivity index (χ1v) is 9.93. The van der Waals surface area contributed by atoms with Crippen LogP contribution in [0.25, 0.3) is 11.1 Å². The molecular formula is C24H19F3N2O3. The van der Waals surface area contributed by atoms with Crippen LogP contribution in [0.2, 0.25) is 0 Å².